The normalized spacial score (nSPS) is 17.3. The maximum atomic E-state index is 12.3. The summed E-state index contributed by atoms with van der Waals surface area (Å²) in [5.41, 5.74) is 0. The SMILES string of the molecule is CN(C)c1ncccc1O[C@@H]1CCN(C(=O)c2ccc(Cl)o2)C1. The van der Waals surface area contributed by atoms with Crippen LogP contribution in [0.3, 0.4) is 0 Å². The second-order valence-corrected chi connectivity index (χ2v) is 5.98. The molecule has 0 aliphatic carbocycles. The number of pyridine rings is 1. The Bertz CT molecular complexity index is 701. The molecular weight excluding hydrogens is 318 g/mol. The summed E-state index contributed by atoms with van der Waals surface area (Å²) in [7, 11) is 3.83. The van der Waals surface area contributed by atoms with Gasteiger partial charge in [0.1, 0.15) is 6.10 Å². The van der Waals surface area contributed by atoms with E-state index in [0.29, 0.717) is 13.1 Å². The summed E-state index contributed by atoms with van der Waals surface area (Å²) in [5, 5.41) is 0.214. The van der Waals surface area contributed by atoms with Gasteiger partial charge in [-0.25, -0.2) is 4.98 Å². The van der Waals surface area contributed by atoms with Crippen molar-refractivity contribution in [2.75, 3.05) is 32.1 Å². The number of anilines is 1. The van der Waals surface area contributed by atoms with Gasteiger partial charge in [0.2, 0.25) is 0 Å². The zero-order valence-electron chi connectivity index (χ0n) is 13.0. The van der Waals surface area contributed by atoms with E-state index in [-0.39, 0.29) is 23.0 Å². The van der Waals surface area contributed by atoms with Gasteiger partial charge >= 0.3 is 0 Å². The number of carbonyl (C=O) groups excluding carboxylic acids is 1. The highest BCUT2D eigenvalue weighted by molar-refractivity contribution is 6.29. The first-order valence-electron chi connectivity index (χ1n) is 7.38. The Labute approximate surface area is 139 Å². The second-order valence-electron chi connectivity index (χ2n) is 5.60. The Morgan fingerprint density at radius 1 is 1.43 bits per heavy atom. The van der Waals surface area contributed by atoms with Crippen LogP contribution in [-0.2, 0) is 0 Å². The van der Waals surface area contributed by atoms with Gasteiger partial charge in [0, 0.05) is 33.3 Å². The molecule has 0 radical (unpaired) electrons. The van der Waals surface area contributed by atoms with Crippen LogP contribution in [0.5, 0.6) is 5.75 Å². The lowest BCUT2D eigenvalue weighted by Crippen LogP contribution is -2.30. The molecule has 1 saturated heterocycles. The number of halogens is 1. The highest BCUT2D eigenvalue weighted by Gasteiger charge is 2.30. The maximum Gasteiger partial charge on any atom is 0.289 e. The number of likely N-dealkylation sites (tertiary alicyclic amines) is 1. The van der Waals surface area contributed by atoms with Crippen molar-refractivity contribution in [3.05, 3.63) is 41.4 Å². The number of nitrogens with zero attached hydrogens (tertiary/aromatic N) is 3. The van der Waals surface area contributed by atoms with E-state index in [2.05, 4.69) is 4.98 Å². The van der Waals surface area contributed by atoms with Crippen LogP contribution >= 0.6 is 11.6 Å². The van der Waals surface area contributed by atoms with Crippen LogP contribution in [0.15, 0.2) is 34.9 Å². The minimum absolute atomic E-state index is 0.0627. The zero-order valence-corrected chi connectivity index (χ0v) is 13.8. The van der Waals surface area contributed by atoms with Crippen molar-refractivity contribution in [3.8, 4) is 5.75 Å². The molecule has 0 bridgehead atoms. The van der Waals surface area contributed by atoms with Crippen LogP contribution < -0.4 is 9.64 Å². The van der Waals surface area contributed by atoms with E-state index in [1.165, 1.54) is 0 Å². The summed E-state index contributed by atoms with van der Waals surface area (Å²) in [6.45, 7) is 1.14. The molecule has 23 heavy (non-hydrogen) atoms. The summed E-state index contributed by atoms with van der Waals surface area (Å²) >= 11 is 5.72. The van der Waals surface area contributed by atoms with E-state index in [1.807, 2.05) is 31.1 Å². The Hall–Kier alpha value is -2.21. The molecule has 0 aromatic carbocycles. The third-order valence-electron chi connectivity index (χ3n) is 3.68. The third-order valence-corrected chi connectivity index (χ3v) is 3.89. The Morgan fingerprint density at radius 3 is 2.96 bits per heavy atom. The average molecular weight is 336 g/mol. The number of amides is 1. The molecule has 3 heterocycles. The molecule has 0 saturated carbocycles. The van der Waals surface area contributed by atoms with Crippen LogP contribution in [0.2, 0.25) is 5.22 Å². The molecule has 0 spiro atoms. The third kappa shape index (κ3) is 3.42. The van der Waals surface area contributed by atoms with Crippen molar-refractivity contribution in [3.63, 3.8) is 0 Å². The average Bonchev–Trinajstić information content (AvgIpc) is 3.16. The fourth-order valence-corrected chi connectivity index (χ4v) is 2.73. The van der Waals surface area contributed by atoms with E-state index in [9.17, 15) is 4.79 Å². The lowest BCUT2D eigenvalue weighted by molar-refractivity contribution is 0.0741. The maximum absolute atomic E-state index is 12.3. The molecule has 1 aliphatic heterocycles. The van der Waals surface area contributed by atoms with E-state index in [4.69, 9.17) is 20.8 Å². The van der Waals surface area contributed by atoms with Gasteiger partial charge in [-0.15, -0.1) is 0 Å². The van der Waals surface area contributed by atoms with Crippen LogP contribution in [0.4, 0.5) is 5.82 Å². The standard InChI is InChI=1S/C16H18ClN3O3/c1-19(2)15-12(4-3-8-18-15)22-11-7-9-20(10-11)16(21)13-5-6-14(17)23-13/h3-6,8,11H,7,9-10H2,1-2H3/t11-/m1/s1. The molecule has 6 nitrogen and oxygen atoms in total. The molecule has 7 heteroatoms. The van der Waals surface area contributed by atoms with Crippen molar-refractivity contribution >= 4 is 23.3 Å². The number of carbonyl (C=O) groups is 1. The van der Waals surface area contributed by atoms with Crippen molar-refractivity contribution in [2.24, 2.45) is 0 Å². The lowest BCUT2D eigenvalue weighted by Gasteiger charge is -2.20. The lowest BCUT2D eigenvalue weighted by atomic mass is 10.3. The molecule has 1 atom stereocenters. The molecule has 1 amide bonds. The number of hydrogen-bond acceptors (Lipinski definition) is 5. The van der Waals surface area contributed by atoms with Gasteiger partial charge in [-0.3, -0.25) is 4.79 Å². The fourth-order valence-electron chi connectivity index (χ4n) is 2.58. The van der Waals surface area contributed by atoms with Crippen molar-refractivity contribution in [2.45, 2.75) is 12.5 Å². The summed E-state index contributed by atoms with van der Waals surface area (Å²) < 4.78 is 11.2. The molecule has 122 valence electrons. The van der Waals surface area contributed by atoms with Crippen molar-refractivity contribution in [1.29, 1.82) is 0 Å². The second kappa shape index (κ2) is 6.50. The van der Waals surface area contributed by atoms with E-state index < -0.39 is 0 Å². The molecule has 0 unspecified atom stereocenters. The number of hydrogen-bond donors (Lipinski definition) is 0. The van der Waals surface area contributed by atoms with E-state index in [0.717, 1.165) is 18.0 Å². The van der Waals surface area contributed by atoms with Gasteiger partial charge in [0.25, 0.3) is 5.91 Å². The van der Waals surface area contributed by atoms with Gasteiger partial charge in [0.05, 0.1) is 6.54 Å². The molecule has 1 aliphatic rings. The van der Waals surface area contributed by atoms with Crippen molar-refractivity contribution in [1.82, 2.24) is 9.88 Å². The molecule has 2 aromatic rings. The van der Waals surface area contributed by atoms with Crippen LogP contribution in [0, 0.1) is 0 Å². The summed E-state index contributed by atoms with van der Waals surface area (Å²) in [5.74, 6) is 1.58. The zero-order chi connectivity index (χ0) is 16.4. The van der Waals surface area contributed by atoms with Gasteiger partial charge in [-0.2, -0.15) is 0 Å². The number of ether oxygens (including phenoxy) is 1. The highest BCUT2D eigenvalue weighted by atomic mass is 35.5. The first-order valence-corrected chi connectivity index (χ1v) is 7.76. The van der Waals surface area contributed by atoms with Crippen molar-refractivity contribution < 1.29 is 13.9 Å². The predicted molar refractivity (Wildman–Crippen MR) is 87.2 cm³/mol. The molecule has 2 aromatic heterocycles. The minimum Gasteiger partial charge on any atom is -0.485 e. The van der Waals surface area contributed by atoms with Gasteiger partial charge in [0.15, 0.2) is 22.5 Å². The first kappa shape index (κ1) is 15.7. The monoisotopic (exact) mass is 335 g/mol. The minimum atomic E-state index is -0.165. The largest absolute Gasteiger partial charge is 0.485 e. The van der Waals surface area contributed by atoms with Gasteiger partial charge in [-0.1, -0.05) is 0 Å². The summed E-state index contributed by atoms with van der Waals surface area (Å²) in [6, 6.07) is 6.88. The molecular formula is C16H18ClN3O3. The smallest absolute Gasteiger partial charge is 0.289 e. The topological polar surface area (TPSA) is 58.8 Å². The van der Waals surface area contributed by atoms with Crippen LogP contribution in [0.25, 0.3) is 0 Å². The highest BCUT2D eigenvalue weighted by Crippen LogP contribution is 2.27. The van der Waals surface area contributed by atoms with Gasteiger partial charge < -0.3 is 19.0 Å². The Balaban J connectivity index is 1.65. The Kier molecular flexibility index (Phi) is 4.43. The molecule has 3 rings (SSSR count). The number of furan rings is 1. The van der Waals surface area contributed by atoms with Crippen LogP contribution in [0.1, 0.15) is 17.0 Å². The van der Waals surface area contributed by atoms with E-state index >= 15 is 0 Å². The van der Waals surface area contributed by atoms with E-state index in [1.54, 1.807) is 23.2 Å². The quantitative estimate of drug-likeness (QED) is 0.859. The van der Waals surface area contributed by atoms with Gasteiger partial charge in [-0.05, 0) is 35.9 Å². The fraction of sp³-hybridized carbons (Fsp3) is 0.375. The summed E-state index contributed by atoms with van der Waals surface area (Å²) in [6.07, 6.45) is 2.43. The Morgan fingerprint density at radius 2 is 2.26 bits per heavy atom. The number of rotatable bonds is 4. The van der Waals surface area contributed by atoms with Crippen LogP contribution in [-0.4, -0.2) is 49.1 Å². The first-order chi connectivity index (χ1) is 11.0. The molecule has 1 fully saturated rings. The number of aromatic nitrogens is 1. The predicted octanol–water partition coefficient (Wildman–Crippen LogP) is 2.69. The molecule has 0 N–H and O–H groups in total. The summed E-state index contributed by atoms with van der Waals surface area (Å²) in [4.78, 5) is 20.3.